The highest BCUT2D eigenvalue weighted by Gasteiger charge is 2.06. The number of anilines is 2. The van der Waals surface area contributed by atoms with E-state index >= 15 is 0 Å². The zero-order chi connectivity index (χ0) is 13.4. The third kappa shape index (κ3) is 5.07. The van der Waals surface area contributed by atoms with Crippen LogP contribution in [0.25, 0.3) is 0 Å². The van der Waals surface area contributed by atoms with Crippen molar-refractivity contribution in [3.8, 4) is 0 Å². The minimum Gasteiger partial charge on any atom is -0.394 e. The highest BCUT2D eigenvalue weighted by atomic mass is 32.2. The van der Waals surface area contributed by atoms with Gasteiger partial charge in [0.05, 0.1) is 12.7 Å². The van der Waals surface area contributed by atoms with Crippen molar-refractivity contribution in [2.75, 3.05) is 36.6 Å². The molecule has 7 heteroatoms. The lowest BCUT2D eigenvalue weighted by Crippen LogP contribution is -2.23. The molecule has 0 spiro atoms. The second-order valence-electron chi connectivity index (χ2n) is 3.77. The van der Waals surface area contributed by atoms with E-state index in [4.69, 9.17) is 5.11 Å². The first-order valence-corrected chi connectivity index (χ1v) is 7.11. The third-order valence-electron chi connectivity index (χ3n) is 2.17. The summed E-state index contributed by atoms with van der Waals surface area (Å²) in [5.74, 6) is 1.40. The molecular weight excluding hydrogens is 252 g/mol. The Morgan fingerprint density at radius 1 is 1.33 bits per heavy atom. The Kier molecular flexibility index (Phi) is 6.77. The minimum atomic E-state index is -0.787. The zero-order valence-corrected chi connectivity index (χ0v) is 11.5. The molecule has 1 unspecified atom stereocenters. The number of hydrogen-bond donors (Lipinski definition) is 4. The minimum absolute atomic E-state index is 0.258. The molecule has 0 fully saturated rings. The van der Waals surface area contributed by atoms with Gasteiger partial charge in [0.2, 0.25) is 0 Å². The van der Waals surface area contributed by atoms with Crippen LogP contribution >= 0.6 is 11.8 Å². The van der Waals surface area contributed by atoms with E-state index in [0.717, 1.165) is 18.8 Å². The fraction of sp³-hybridized carbons (Fsp3) is 0.636. The average molecular weight is 272 g/mol. The SMILES string of the molecule is CCCNc1cc(NCC(O)CO)nc(SC)n1. The van der Waals surface area contributed by atoms with E-state index in [0.29, 0.717) is 11.0 Å². The van der Waals surface area contributed by atoms with E-state index in [2.05, 4.69) is 27.5 Å². The van der Waals surface area contributed by atoms with Crippen LogP contribution in [0.15, 0.2) is 11.2 Å². The molecule has 1 rings (SSSR count). The molecule has 0 aromatic carbocycles. The zero-order valence-electron chi connectivity index (χ0n) is 10.7. The summed E-state index contributed by atoms with van der Waals surface area (Å²) in [5, 5.41) is 24.9. The lowest BCUT2D eigenvalue weighted by atomic mass is 10.4. The van der Waals surface area contributed by atoms with Gasteiger partial charge in [-0.25, -0.2) is 9.97 Å². The van der Waals surface area contributed by atoms with Gasteiger partial charge in [-0.15, -0.1) is 0 Å². The maximum absolute atomic E-state index is 9.28. The van der Waals surface area contributed by atoms with Crippen LogP contribution in [0.5, 0.6) is 0 Å². The van der Waals surface area contributed by atoms with Crippen molar-refractivity contribution in [2.24, 2.45) is 0 Å². The first-order valence-electron chi connectivity index (χ1n) is 5.89. The normalized spacial score (nSPS) is 12.2. The van der Waals surface area contributed by atoms with E-state index in [-0.39, 0.29) is 13.2 Å². The Labute approximate surface area is 111 Å². The standard InChI is InChI=1S/C11H20N4O2S/c1-3-4-12-9-5-10(13-6-8(17)7-16)15-11(14-9)18-2/h5,8,16-17H,3-4,6-7H2,1-2H3,(H2,12,13,14,15). The summed E-state index contributed by atoms with van der Waals surface area (Å²) in [5.41, 5.74) is 0. The van der Waals surface area contributed by atoms with Crippen molar-refractivity contribution in [3.63, 3.8) is 0 Å². The summed E-state index contributed by atoms with van der Waals surface area (Å²) in [6.07, 6.45) is 2.14. The molecule has 6 nitrogen and oxygen atoms in total. The Morgan fingerprint density at radius 2 is 2.00 bits per heavy atom. The molecule has 4 N–H and O–H groups in total. The summed E-state index contributed by atoms with van der Waals surface area (Å²) in [6.45, 7) is 2.92. The summed E-state index contributed by atoms with van der Waals surface area (Å²) < 4.78 is 0. The molecule has 0 bridgehead atoms. The molecule has 1 heterocycles. The molecule has 0 saturated heterocycles. The quantitative estimate of drug-likeness (QED) is 0.411. The summed E-state index contributed by atoms with van der Waals surface area (Å²) in [4.78, 5) is 8.60. The van der Waals surface area contributed by atoms with Crippen LogP contribution in [0, 0.1) is 0 Å². The van der Waals surface area contributed by atoms with E-state index in [1.807, 2.05) is 6.26 Å². The van der Waals surface area contributed by atoms with Gasteiger partial charge in [0, 0.05) is 19.2 Å². The number of aliphatic hydroxyl groups excluding tert-OH is 2. The smallest absolute Gasteiger partial charge is 0.191 e. The van der Waals surface area contributed by atoms with Crippen molar-refractivity contribution in [1.29, 1.82) is 0 Å². The van der Waals surface area contributed by atoms with Crippen molar-refractivity contribution < 1.29 is 10.2 Å². The summed E-state index contributed by atoms with van der Waals surface area (Å²) in [7, 11) is 0. The fourth-order valence-electron chi connectivity index (χ4n) is 1.24. The molecule has 0 amide bonds. The van der Waals surface area contributed by atoms with E-state index < -0.39 is 6.10 Å². The topological polar surface area (TPSA) is 90.3 Å². The predicted molar refractivity (Wildman–Crippen MR) is 74.2 cm³/mol. The lowest BCUT2D eigenvalue weighted by Gasteiger charge is -2.12. The largest absolute Gasteiger partial charge is 0.394 e. The lowest BCUT2D eigenvalue weighted by molar-refractivity contribution is 0.105. The maximum Gasteiger partial charge on any atom is 0.191 e. The molecule has 0 aliphatic heterocycles. The van der Waals surface area contributed by atoms with Crippen molar-refractivity contribution >= 4 is 23.4 Å². The molecule has 0 saturated carbocycles. The van der Waals surface area contributed by atoms with Crippen LogP contribution in [0.4, 0.5) is 11.6 Å². The van der Waals surface area contributed by atoms with E-state index in [9.17, 15) is 5.11 Å². The summed E-state index contributed by atoms with van der Waals surface area (Å²) >= 11 is 1.46. The maximum atomic E-state index is 9.28. The molecule has 1 aromatic rings. The summed E-state index contributed by atoms with van der Waals surface area (Å²) in [6, 6.07) is 1.79. The van der Waals surface area contributed by atoms with Crippen LogP contribution in [0.1, 0.15) is 13.3 Å². The van der Waals surface area contributed by atoms with Gasteiger partial charge in [-0.2, -0.15) is 0 Å². The highest BCUT2D eigenvalue weighted by molar-refractivity contribution is 7.98. The Balaban J connectivity index is 2.70. The second-order valence-corrected chi connectivity index (χ2v) is 4.54. The van der Waals surface area contributed by atoms with Crippen molar-refractivity contribution in [2.45, 2.75) is 24.6 Å². The van der Waals surface area contributed by atoms with Crippen LogP contribution in [-0.4, -0.2) is 52.2 Å². The van der Waals surface area contributed by atoms with E-state index in [1.165, 1.54) is 11.8 Å². The molecule has 102 valence electrons. The van der Waals surface area contributed by atoms with Gasteiger partial charge in [-0.05, 0) is 12.7 Å². The predicted octanol–water partition coefficient (Wildman–Crippen LogP) is 0.785. The first-order chi connectivity index (χ1) is 8.69. The first kappa shape index (κ1) is 15.0. The van der Waals surface area contributed by atoms with Gasteiger partial charge >= 0.3 is 0 Å². The number of nitrogens with zero attached hydrogens (tertiary/aromatic N) is 2. The Morgan fingerprint density at radius 3 is 2.56 bits per heavy atom. The fourth-order valence-corrected chi connectivity index (χ4v) is 1.62. The molecular formula is C11H20N4O2S. The van der Waals surface area contributed by atoms with Crippen LogP contribution in [0.2, 0.25) is 0 Å². The van der Waals surface area contributed by atoms with Gasteiger partial charge in [0.15, 0.2) is 5.16 Å². The number of rotatable bonds is 8. The van der Waals surface area contributed by atoms with Gasteiger partial charge < -0.3 is 20.8 Å². The number of nitrogens with one attached hydrogen (secondary N) is 2. The Bertz CT molecular complexity index is 365. The van der Waals surface area contributed by atoms with Gasteiger partial charge in [-0.1, -0.05) is 18.7 Å². The Hall–Kier alpha value is -1.05. The number of aromatic nitrogens is 2. The number of hydrogen-bond acceptors (Lipinski definition) is 7. The molecule has 0 radical (unpaired) electrons. The number of thioether (sulfide) groups is 1. The number of aliphatic hydroxyl groups is 2. The van der Waals surface area contributed by atoms with Gasteiger partial charge in [0.25, 0.3) is 0 Å². The van der Waals surface area contributed by atoms with Gasteiger partial charge in [0.1, 0.15) is 11.6 Å². The second kappa shape index (κ2) is 8.12. The monoisotopic (exact) mass is 272 g/mol. The molecule has 0 aliphatic rings. The molecule has 0 aliphatic carbocycles. The molecule has 18 heavy (non-hydrogen) atoms. The van der Waals surface area contributed by atoms with Crippen molar-refractivity contribution in [1.82, 2.24) is 9.97 Å². The van der Waals surface area contributed by atoms with Gasteiger partial charge in [-0.3, -0.25) is 0 Å². The highest BCUT2D eigenvalue weighted by Crippen LogP contribution is 2.17. The molecule has 1 atom stereocenters. The van der Waals surface area contributed by atoms with Crippen LogP contribution < -0.4 is 10.6 Å². The van der Waals surface area contributed by atoms with E-state index in [1.54, 1.807) is 6.07 Å². The van der Waals surface area contributed by atoms with Crippen LogP contribution in [0.3, 0.4) is 0 Å². The average Bonchev–Trinajstić information content (AvgIpc) is 2.42. The molecule has 1 aromatic heterocycles. The third-order valence-corrected chi connectivity index (χ3v) is 2.72. The van der Waals surface area contributed by atoms with Crippen molar-refractivity contribution in [3.05, 3.63) is 6.07 Å². The van der Waals surface area contributed by atoms with Crippen LogP contribution in [-0.2, 0) is 0 Å².